The van der Waals surface area contributed by atoms with E-state index in [0.29, 0.717) is 0 Å². The largest absolute Gasteiger partial charge is 0.286 e. The summed E-state index contributed by atoms with van der Waals surface area (Å²) in [5.41, 5.74) is 0. The number of carbonyl (C=O) groups is 2. The van der Waals surface area contributed by atoms with Crippen molar-refractivity contribution in [1.29, 1.82) is 0 Å². The van der Waals surface area contributed by atoms with E-state index >= 15 is 0 Å². The summed E-state index contributed by atoms with van der Waals surface area (Å²) in [5.74, 6) is 0. The summed E-state index contributed by atoms with van der Waals surface area (Å²) in [5, 5.41) is -1.55. The quantitative estimate of drug-likeness (QED) is 0.677. The summed E-state index contributed by atoms with van der Waals surface area (Å²) in [7, 11) is -3.62. The normalized spacial score (nSPS) is 12.7. The first kappa shape index (κ1) is 10.6. The van der Waals surface area contributed by atoms with Gasteiger partial charge in [-0.15, -0.1) is 0 Å². The summed E-state index contributed by atoms with van der Waals surface area (Å²) in [6, 6.07) is 0. The lowest BCUT2D eigenvalue weighted by molar-refractivity contribution is -0.115. The highest BCUT2D eigenvalue weighted by Crippen LogP contribution is 2.42. The molecule has 0 aliphatic rings. The van der Waals surface area contributed by atoms with E-state index in [2.05, 4.69) is 0 Å². The third-order valence-electron chi connectivity index (χ3n) is 1.21. The van der Waals surface area contributed by atoms with E-state index < -0.39 is 20.8 Å². The Kier molecular flexibility index (Phi) is 3.71. The van der Waals surface area contributed by atoms with Gasteiger partial charge in [0, 0.05) is 12.8 Å². The van der Waals surface area contributed by atoms with E-state index in [9.17, 15) is 9.59 Å². The van der Waals surface area contributed by atoms with Crippen molar-refractivity contribution in [2.45, 2.75) is 26.7 Å². The van der Waals surface area contributed by atoms with E-state index in [0.717, 1.165) is 0 Å². The molecule has 0 aliphatic heterocycles. The lowest BCUT2D eigenvalue weighted by atomic mass is 10.5. The van der Waals surface area contributed by atoms with Crippen molar-refractivity contribution < 1.29 is 18.7 Å². The van der Waals surface area contributed by atoms with Gasteiger partial charge in [0.25, 0.3) is 0 Å². The van der Waals surface area contributed by atoms with Crippen molar-refractivity contribution in [2.24, 2.45) is 0 Å². The number of hydrogen-bond donors (Lipinski definition) is 2. The third kappa shape index (κ3) is 2.28. The van der Waals surface area contributed by atoms with Gasteiger partial charge in [-0.1, -0.05) is 24.4 Å². The molecule has 0 aliphatic carbocycles. The monoisotopic (exact) mass is 180 g/mol. The van der Waals surface area contributed by atoms with Crippen LogP contribution in [0.2, 0.25) is 0 Å². The Morgan fingerprint density at radius 2 is 1.36 bits per heavy atom. The van der Waals surface area contributed by atoms with Crippen molar-refractivity contribution in [3.8, 4) is 0 Å². The second kappa shape index (κ2) is 3.85. The minimum absolute atomic E-state index is 0.0198. The Hall–Kier alpha value is -0.390. The van der Waals surface area contributed by atoms with Crippen molar-refractivity contribution in [1.82, 2.24) is 0 Å². The molecule has 0 amide bonds. The predicted octanol–water partition coefficient (Wildman–Crippen LogP) is 1.61. The number of hydrogen-bond acceptors (Lipinski definition) is 4. The van der Waals surface area contributed by atoms with Crippen LogP contribution in [0, 0.1) is 0 Å². The van der Waals surface area contributed by atoms with Gasteiger partial charge in [-0.05, 0) is 0 Å². The van der Waals surface area contributed by atoms with E-state index in [4.69, 9.17) is 9.11 Å². The highest BCUT2D eigenvalue weighted by atomic mass is 32.3. The summed E-state index contributed by atoms with van der Waals surface area (Å²) in [6.45, 7) is 2.97. The Morgan fingerprint density at radius 1 is 1.09 bits per heavy atom. The van der Waals surface area contributed by atoms with Crippen molar-refractivity contribution >= 4 is 20.8 Å². The molecule has 0 heterocycles. The van der Waals surface area contributed by atoms with Crippen LogP contribution in [-0.4, -0.2) is 19.3 Å². The second-order valence-electron chi connectivity index (χ2n) is 2.00. The van der Waals surface area contributed by atoms with Gasteiger partial charge in [0.2, 0.25) is 10.2 Å². The molecule has 5 heteroatoms. The molecular weight excluding hydrogens is 168 g/mol. The summed E-state index contributed by atoms with van der Waals surface area (Å²) in [6.07, 6.45) is -0.0395. The van der Waals surface area contributed by atoms with Crippen LogP contribution in [0.5, 0.6) is 0 Å². The topological polar surface area (TPSA) is 74.6 Å². The smallest absolute Gasteiger partial charge is 0.246 e. The molecule has 0 bridgehead atoms. The van der Waals surface area contributed by atoms with Crippen molar-refractivity contribution in [2.75, 3.05) is 0 Å². The Bertz CT molecular complexity index is 157. The SMILES string of the molecule is CCC(=O)S(O)(O)C(=O)CC. The summed E-state index contributed by atoms with van der Waals surface area (Å²) < 4.78 is 18.0. The molecule has 4 nitrogen and oxygen atoms in total. The van der Waals surface area contributed by atoms with Crippen LogP contribution >= 0.6 is 10.6 Å². The molecule has 0 radical (unpaired) electrons. The molecular formula is C6H12O4S. The minimum Gasteiger partial charge on any atom is -0.286 e. The number of rotatable bonds is 2. The fourth-order valence-electron chi connectivity index (χ4n) is 0.530. The molecule has 0 aromatic rings. The molecule has 66 valence electrons. The van der Waals surface area contributed by atoms with Crippen LogP contribution in [0.15, 0.2) is 0 Å². The van der Waals surface area contributed by atoms with Gasteiger partial charge in [-0.3, -0.25) is 18.7 Å². The van der Waals surface area contributed by atoms with Gasteiger partial charge in [0.05, 0.1) is 0 Å². The highest BCUT2D eigenvalue weighted by molar-refractivity contribution is 8.47. The van der Waals surface area contributed by atoms with E-state index in [-0.39, 0.29) is 12.8 Å². The van der Waals surface area contributed by atoms with Gasteiger partial charge in [-0.2, -0.15) is 0 Å². The average Bonchev–Trinajstić information content (AvgIpc) is 2.01. The second-order valence-corrected chi connectivity index (χ2v) is 4.01. The van der Waals surface area contributed by atoms with Crippen LogP contribution in [-0.2, 0) is 9.59 Å². The maximum atomic E-state index is 10.8. The van der Waals surface area contributed by atoms with Gasteiger partial charge < -0.3 is 0 Å². The van der Waals surface area contributed by atoms with Crippen LogP contribution in [0.4, 0.5) is 0 Å². The summed E-state index contributed by atoms with van der Waals surface area (Å²) >= 11 is 0. The third-order valence-corrected chi connectivity index (χ3v) is 3.06. The molecule has 0 fully saturated rings. The summed E-state index contributed by atoms with van der Waals surface area (Å²) in [4.78, 5) is 21.5. The van der Waals surface area contributed by atoms with E-state index in [1.807, 2.05) is 0 Å². The van der Waals surface area contributed by atoms with Crippen LogP contribution < -0.4 is 0 Å². The molecule has 2 N–H and O–H groups in total. The maximum Gasteiger partial charge on any atom is 0.246 e. The first-order valence-electron chi connectivity index (χ1n) is 3.30. The van der Waals surface area contributed by atoms with Gasteiger partial charge in [0.1, 0.15) is 0 Å². The maximum absolute atomic E-state index is 10.8. The molecule has 0 atom stereocenters. The van der Waals surface area contributed by atoms with Crippen molar-refractivity contribution in [3.63, 3.8) is 0 Å². The molecule has 11 heavy (non-hydrogen) atoms. The molecule has 0 rings (SSSR count). The molecule has 0 aromatic carbocycles. The molecule has 0 unspecified atom stereocenters. The first-order chi connectivity index (χ1) is 4.96. The van der Waals surface area contributed by atoms with E-state index in [1.165, 1.54) is 13.8 Å². The zero-order valence-electron chi connectivity index (χ0n) is 6.53. The lowest BCUT2D eigenvalue weighted by Gasteiger charge is -2.26. The first-order valence-corrected chi connectivity index (χ1v) is 4.85. The van der Waals surface area contributed by atoms with E-state index in [1.54, 1.807) is 0 Å². The Labute approximate surface area is 67.0 Å². The zero-order valence-corrected chi connectivity index (χ0v) is 7.35. The standard InChI is InChI=1S/C6H12O4S/c1-3-5(7)11(9,10)6(8)4-2/h9-10H,3-4H2,1-2H3. The zero-order chi connectivity index (χ0) is 9.07. The fourth-order valence-corrected chi connectivity index (χ4v) is 1.59. The minimum atomic E-state index is -3.62. The molecule has 0 saturated carbocycles. The Balaban J connectivity index is 4.44. The van der Waals surface area contributed by atoms with Crippen LogP contribution in [0.3, 0.4) is 0 Å². The highest BCUT2D eigenvalue weighted by Gasteiger charge is 2.28. The number of carbonyl (C=O) groups excluding carboxylic acids is 2. The Morgan fingerprint density at radius 3 is 1.55 bits per heavy atom. The van der Waals surface area contributed by atoms with Gasteiger partial charge in [0.15, 0.2) is 0 Å². The molecule has 0 aromatic heterocycles. The lowest BCUT2D eigenvalue weighted by Crippen LogP contribution is -2.18. The average molecular weight is 180 g/mol. The fraction of sp³-hybridized carbons (Fsp3) is 0.667. The molecule has 0 saturated heterocycles. The van der Waals surface area contributed by atoms with Crippen LogP contribution in [0.25, 0.3) is 0 Å². The van der Waals surface area contributed by atoms with Gasteiger partial charge in [-0.25, -0.2) is 0 Å². The van der Waals surface area contributed by atoms with Crippen molar-refractivity contribution in [3.05, 3.63) is 0 Å². The van der Waals surface area contributed by atoms with Gasteiger partial charge >= 0.3 is 0 Å². The van der Waals surface area contributed by atoms with Crippen LogP contribution in [0.1, 0.15) is 26.7 Å². The molecule has 0 spiro atoms. The predicted molar refractivity (Wildman–Crippen MR) is 43.4 cm³/mol.